The van der Waals surface area contributed by atoms with Crippen molar-refractivity contribution in [2.24, 2.45) is 9.98 Å². The van der Waals surface area contributed by atoms with Crippen molar-refractivity contribution in [1.29, 1.82) is 0 Å². The van der Waals surface area contributed by atoms with Crippen molar-refractivity contribution in [2.75, 3.05) is 65.4 Å². The first kappa shape index (κ1) is 28.1. The zero-order valence-corrected chi connectivity index (χ0v) is 22.5. The van der Waals surface area contributed by atoms with Crippen LogP contribution in [0.5, 0.6) is 5.75 Å². The van der Waals surface area contributed by atoms with Gasteiger partial charge in [0.15, 0.2) is 5.82 Å². The molecule has 1 fully saturated rings. The highest BCUT2D eigenvalue weighted by atomic mass is 16.5. The van der Waals surface area contributed by atoms with Crippen molar-refractivity contribution in [3.05, 3.63) is 35.3 Å². The lowest BCUT2D eigenvalue weighted by atomic mass is 10.1. The average molecular weight is 514 g/mol. The number of allylic oxidation sites excluding steroid dienone is 1. The maximum absolute atomic E-state index is 12.7. The molecule has 1 aromatic carbocycles. The third kappa shape index (κ3) is 7.30. The molecule has 0 bridgehead atoms. The molecule has 0 radical (unpaired) electrons. The van der Waals surface area contributed by atoms with Crippen LogP contribution in [0.2, 0.25) is 0 Å². The van der Waals surface area contributed by atoms with E-state index >= 15 is 0 Å². The van der Waals surface area contributed by atoms with Gasteiger partial charge in [-0.2, -0.15) is 4.99 Å². The maximum atomic E-state index is 12.7. The van der Waals surface area contributed by atoms with Gasteiger partial charge in [0.25, 0.3) is 5.91 Å². The molecule has 1 saturated heterocycles. The Morgan fingerprint density at radius 3 is 2.62 bits per heavy atom. The zero-order chi connectivity index (χ0) is 26.9. The molecule has 0 atom stereocenters. The van der Waals surface area contributed by atoms with Crippen molar-refractivity contribution >= 4 is 30.2 Å². The third-order valence-electron chi connectivity index (χ3n) is 6.55. The Morgan fingerprint density at radius 2 is 1.97 bits per heavy atom. The van der Waals surface area contributed by atoms with Crippen LogP contribution in [0.3, 0.4) is 0 Å². The largest absolute Gasteiger partial charge is 0.495 e. The van der Waals surface area contributed by atoms with E-state index < -0.39 is 0 Å². The van der Waals surface area contributed by atoms with Crippen LogP contribution >= 0.6 is 0 Å². The van der Waals surface area contributed by atoms with Crippen LogP contribution in [0.1, 0.15) is 37.6 Å². The summed E-state index contributed by atoms with van der Waals surface area (Å²) in [5, 5.41) is 6.12. The predicted molar refractivity (Wildman–Crippen MR) is 145 cm³/mol. The number of rotatable bonds is 8. The Bertz CT molecular complexity index is 1050. The first-order chi connectivity index (χ1) is 17.7. The van der Waals surface area contributed by atoms with Gasteiger partial charge in [0.1, 0.15) is 5.75 Å². The molecule has 3 rings (SSSR count). The minimum absolute atomic E-state index is 0.0369. The van der Waals surface area contributed by atoms with E-state index in [2.05, 4.69) is 46.0 Å². The number of hydrogen-bond acceptors (Lipinski definition) is 7. The smallest absolute Gasteiger partial charge is 0.251 e. The van der Waals surface area contributed by atoms with Crippen LogP contribution in [0.15, 0.2) is 39.7 Å². The van der Waals surface area contributed by atoms with Crippen LogP contribution in [-0.2, 0) is 9.53 Å². The summed E-state index contributed by atoms with van der Waals surface area (Å²) < 4.78 is 10.9. The Hall–Kier alpha value is -3.44. The Balaban J connectivity index is 1.76. The maximum Gasteiger partial charge on any atom is 0.251 e. The lowest BCUT2D eigenvalue weighted by molar-refractivity contribution is -0.127. The number of carbonyl (C=O) groups is 2. The number of morpholine rings is 1. The first-order valence-corrected chi connectivity index (χ1v) is 12.6. The van der Waals surface area contributed by atoms with Crippen molar-refractivity contribution < 1.29 is 19.1 Å². The summed E-state index contributed by atoms with van der Waals surface area (Å²) in [6, 6.07) is 5.28. The highest BCUT2D eigenvalue weighted by Gasteiger charge is 2.26. The van der Waals surface area contributed by atoms with E-state index in [-0.39, 0.29) is 23.8 Å². The number of nitrogens with one attached hydrogen (secondary N) is 2. The highest BCUT2D eigenvalue weighted by Crippen LogP contribution is 2.27. The summed E-state index contributed by atoms with van der Waals surface area (Å²) in [5.41, 5.74) is 1.81. The highest BCUT2D eigenvalue weighted by molar-refractivity contribution is 6.00. The number of hydrogen-bond donors (Lipinski definition) is 2. The minimum Gasteiger partial charge on any atom is -0.495 e. The SMILES string of the molecule is C=N/C(=N\C1=C(C)N(C)C(=O)CCN1C(C)C)Nc1ccc(C(=O)NCCN2CCOCC2)cc1OC. The molecule has 2 heterocycles. The van der Waals surface area contributed by atoms with Gasteiger partial charge in [0, 0.05) is 57.8 Å². The number of guanidine groups is 1. The summed E-state index contributed by atoms with van der Waals surface area (Å²) in [7, 11) is 3.29. The van der Waals surface area contributed by atoms with Crippen LogP contribution in [-0.4, -0.2) is 105 Å². The Kier molecular flexibility index (Phi) is 10.0. The van der Waals surface area contributed by atoms with Crippen molar-refractivity contribution in [2.45, 2.75) is 33.2 Å². The van der Waals surface area contributed by atoms with Gasteiger partial charge >= 0.3 is 0 Å². The lowest BCUT2D eigenvalue weighted by Gasteiger charge is -2.28. The summed E-state index contributed by atoms with van der Waals surface area (Å²) in [5.74, 6) is 1.23. The molecule has 0 spiro atoms. The summed E-state index contributed by atoms with van der Waals surface area (Å²) in [4.78, 5) is 39.9. The monoisotopic (exact) mass is 513 g/mol. The lowest BCUT2D eigenvalue weighted by Crippen LogP contribution is -2.41. The minimum atomic E-state index is -0.173. The number of amides is 2. The number of anilines is 1. The summed E-state index contributed by atoms with van der Waals surface area (Å²) in [6.07, 6.45) is 0.402. The van der Waals surface area contributed by atoms with E-state index in [1.807, 2.05) is 6.92 Å². The van der Waals surface area contributed by atoms with E-state index in [0.717, 1.165) is 38.5 Å². The third-order valence-corrected chi connectivity index (χ3v) is 6.55. The van der Waals surface area contributed by atoms with Gasteiger partial charge in [-0.15, -0.1) is 0 Å². The molecule has 2 N–H and O–H groups in total. The molecule has 0 aliphatic carbocycles. The fourth-order valence-corrected chi connectivity index (χ4v) is 4.20. The summed E-state index contributed by atoms with van der Waals surface area (Å²) >= 11 is 0. The molecule has 0 unspecified atom stereocenters. The molecule has 37 heavy (non-hydrogen) atoms. The number of aliphatic imine (C=N–C) groups is 2. The molecule has 0 saturated carbocycles. The van der Waals surface area contributed by atoms with Gasteiger partial charge in [-0.1, -0.05) is 0 Å². The van der Waals surface area contributed by atoms with Gasteiger partial charge in [-0.3, -0.25) is 14.5 Å². The van der Waals surface area contributed by atoms with Gasteiger partial charge in [0.2, 0.25) is 11.9 Å². The normalized spacial score (nSPS) is 17.7. The van der Waals surface area contributed by atoms with Gasteiger partial charge in [-0.05, 0) is 45.7 Å². The average Bonchev–Trinajstić information content (AvgIpc) is 3.00. The van der Waals surface area contributed by atoms with E-state index in [1.54, 1.807) is 30.1 Å². The quantitative estimate of drug-likeness (QED) is 0.404. The number of carbonyl (C=O) groups excluding carboxylic acids is 2. The second kappa shape index (κ2) is 13.2. The molecular weight excluding hydrogens is 474 g/mol. The van der Waals surface area contributed by atoms with E-state index in [9.17, 15) is 9.59 Å². The van der Waals surface area contributed by atoms with Crippen molar-refractivity contribution in [3.63, 3.8) is 0 Å². The molecule has 1 aromatic rings. The number of nitrogens with zero attached hydrogens (tertiary/aromatic N) is 5. The molecular formula is C26H39N7O4. The van der Waals surface area contributed by atoms with Gasteiger partial charge in [-0.25, -0.2) is 4.99 Å². The van der Waals surface area contributed by atoms with Crippen LogP contribution in [0.25, 0.3) is 0 Å². The van der Waals surface area contributed by atoms with Crippen LogP contribution in [0.4, 0.5) is 5.69 Å². The molecule has 11 heteroatoms. The van der Waals surface area contributed by atoms with E-state index in [1.165, 1.54) is 7.11 Å². The standard InChI is InChI=1S/C26H39N7O4/c1-18(2)33-11-9-23(34)31(5)19(3)24(33)30-26(27-4)29-21-8-7-20(17-22(21)36-6)25(35)28-10-12-32-13-15-37-16-14-32/h7-8,17-18H,4,9-16H2,1-3,5-6H3,(H,28,35)(H,29,30). The fraction of sp³-hybridized carbons (Fsp3) is 0.538. The van der Waals surface area contributed by atoms with Crippen molar-refractivity contribution in [3.8, 4) is 5.75 Å². The number of ether oxygens (including phenoxy) is 2. The Labute approximate surface area is 219 Å². The Morgan fingerprint density at radius 1 is 1.24 bits per heavy atom. The molecule has 202 valence electrons. The van der Waals surface area contributed by atoms with Crippen molar-refractivity contribution in [1.82, 2.24) is 20.0 Å². The molecule has 2 aliphatic rings. The second-order valence-electron chi connectivity index (χ2n) is 9.24. The first-order valence-electron chi connectivity index (χ1n) is 12.6. The topological polar surface area (TPSA) is 111 Å². The van der Waals surface area contributed by atoms with Crippen LogP contribution in [0, 0.1) is 0 Å². The molecule has 11 nitrogen and oxygen atoms in total. The van der Waals surface area contributed by atoms with Crippen LogP contribution < -0.4 is 15.4 Å². The fourth-order valence-electron chi connectivity index (χ4n) is 4.20. The van der Waals surface area contributed by atoms with E-state index in [4.69, 9.17) is 14.5 Å². The number of methoxy groups -OCH3 is 1. The molecule has 2 amide bonds. The molecule has 0 aromatic heterocycles. The number of benzene rings is 1. The van der Waals surface area contributed by atoms with Gasteiger partial charge in [0.05, 0.1) is 31.7 Å². The zero-order valence-electron chi connectivity index (χ0n) is 22.5. The summed E-state index contributed by atoms with van der Waals surface area (Å²) in [6.45, 7) is 14.7. The van der Waals surface area contributed by atoms with Gasteiger partial charge < -0.3 is 29.9 Å². The molecule has 2 aliphatic heterocycles. The second-order valence-corrected chi connectivity index (χ2v) is 9.24. The van der Waals surface area contributed by atoms with E-state index in [0.29, 0.717) is 42.3 Å². The predicted octanol–water partition coefficient (Wildman–Crippen LogP) is 1.99.